The maximum Gasteiger partial charge on any atom is 0.303 e. The van der Waals surface area contributed by atoms with E-state index in [2.05, 4.69) is 0 Å². The molecule has 2 aromatic rings. The minimum absolute atomic E-state index is 0.0478. The average Bonchev–Trinajstić information content (AvgIpc) is 2.99. The summed E-state index contributed by atoms with van der Waals surface area (Å²) in [5, 5.41) is 0. The van der Waals surface area contributed by atoms with Crippen molar-refractivity contribution in [2.75, 3.05) is 32.9 Å². The van der Waals surface area contributed by atoms with Crippen molar-refractivity contribution in [3.8, 4) is 16.9 Å². The van der Waals surface area contributed by atoms with Crippen LogP contribution in [0.3, 0.4) is 0 Å². The molecule has 2 heterocycles. The van der Waals surface area contributed by atoms with Gasteiger partial charge in [-0.2, -0.15) is 0 Å². The number of esters is 4. The fourth-order valence-corrected chi connectivity index (χ4v) is 4.90. The predicted octanol–water partition coefficient (Wildman–Crippen LogP) is 2.29. The Kier molecular flexibility index (Phi) is 10.9. The van der Waals surface area contributed by atoms with Crippen molar-refractivity contribution >= 4 is 29.8 Å². The van der Waals surface area contributed by atoms with E-state index >= 15 is 0 Å². The first-order valence-corrected chi connectivity index (χ1v) is 14.1. The highest BCUT2D eigenvalue weighted by Crippen LogP contribution is 2.32. The lowest BCUT2D eigenvalue weighted by Crippen LogP contribution is -2.63. The SMILES string of the molecule is CC(=O)OC[C@H]1O[C@H](Oc2ccc(-c3ccc(C(=O)N4CCOCC4)cc3)cc2)[C@@H](OC(C)=O)[C@@H](OC(C)=O)[C@@H]1OC(C)=O. The molecular formula is C31H35NO12. The largest absolute Gasteiger partial charge is 0.463 e. The molecule has 0 saturated carbocycles. The Morgan fingerprint density at radius 1 is 0.705 bits per heavy atom. The van der Waals surface area contributed by atoms with Gasteiger partial charge >= 0.3 is 23.9 Å². The van der Waals surface area contributed by atoms with Gasteiger partial charge in [0.25, 0.3) is 5.91 Å². The highest BCUT2D eigenvalue weighted by atomic mass is 16.7. The van der Waals surface area contributed by atoms with Crippen LogP contribution in [-0.4, -0.2) is 98.3 Å². The Balaban J connectivity index is 1.54. The fraction of sp³-hybridized carbons (Fsp3) is 0.452. The summed E-state index contributed by atoms with van der Waals surface area (Å²) in [6.45, 7) is 6.44. The van der Waals surface area contributed by atoms with Crippen molar-refractivity contribution in [1.29, 1.82) is 0 Å². The molecule has 2 aromatic carbocycles. The van der Waals surface area contributed by atoms with Crippen LogP contribution in [0, 0.1) is 0 Å². The van der Waals surface area contributed by atoms with E-state index in [4.69, 9.17) is 33.2 Å². The van der Waals surface area contributed by atoms with Gasteiger partial charge in [-0.1, -0.05) is 24.3 Å². The second kappa shape index (κ2) is 14.8. The first kappa shape index (κ1) is 32.4. The van der Waals surface area contributed by atoms with Crippen LogP contribution in [0.4, 0.5) is 0 Å². The number of ether oxygens (including phenoxy) is 7. The molecule has 44 heavy (non-hydrogen) atoms. The van der Waals surface area contributed by atoms with E-state index in [9.17, 15) is 24.0 Å². The standard InChI is InChI=1S/C31H35NO12/c1-18(33)39-17-26-27(40-19(2)34)28(41-20(3)35)29(42-21(4)36)31(44-26)43-25-11-9-23(10-12-25)22-5-7-24(8-6-22)30(37)32-13-15-38-16-14-32/h5-12,26-29,31H,13-17H2,1-4H3/t26-,27-,28+,29+,31+/m1/s1. The Bertz CT molecular complexity index is 1340. The summed E-state index contributed by atoms with van der Waals surface area (Å²) in [4.78, 5) is 62.0. The monoisotopic (exact) mass is 613 g/mol. The van der Waals surface area contributed by atoms with Gasteiger partial charge in [-0.3, -0.25) is 24.0 Å². The number of amides is 1. The predicted molar refractivity (Wildman–Crippen MR) is 151 cm³/mol. The Labute approximate surface area is 254 Å². The fourth-order valence-electron chi connectivity index (χ4n) is 4.90. The minimum atomic E-state index is -1.34. The van der Waals surface area contributed by atoms with Crippen molar-refractivity contribution in [3.63, 3.8) is 0 Å². The summed E-state index contributed by atoms with van der Waals surface area (Å²) in [7, 11) is 0. The highest BCUT2D eigenvalue weighted by molar-refractivity contribution is 5.94. The summed E-state index contributed by atoms with van der Waals surface area (Å²) < 4.78 is 38.7. The number of carbonyl (C=O) groups excluding carboxylic acids is 5. The third-order valence-electron chi connectivity index (χ3n) is 6.82. The first-order chi connectivity index (χ1) is 21.0. The topological polar surface area (TPSA) is 153 Å². The molecule has 2 saturated heterocycles. The van der Waals surface area contributed by atoms with Crippen LogP contribution < -0.4 is 4.74 Å². The van der Waals surface area contributed by atoms with Crippen LogP contribution in [-0.2, 0) is 47.6 Å². The molecule has 0 aliphatic carbocycles. The van der Waals surface area contributed by atoms with Crippen molar-refractivity contribution in [2.45, 2.75) is 58.4 Å². The van der Waals surface area contributed by atoms with E-state index in [-0.39, 0.29) is 12.5 Å². The van der Waals surface area contributed by atoms with E-state index in [0.717, 1.165) is 31.9 Å². The number of rotatable bonds is 9. The molecule has 0 unspecified atom stereocenters. The summed E-state index contributed by atoms with van der Waals surface area (Å²) in [5.41, 5.74) is 2.28. The molecule has 4 rings (SSSR count). The summed E-state index contributed by atoms with van der Waals surface area (Å²) in [6, 6.07) is 14.2. The zero-order chi connectivity index (χ0) is 31.8. The molecule has 2 aliphatic rings. The lowest BCUT2D eigenvalue weighted by molar-refractivity contribution is -0.288. The third-order valence-corrected chi connectivity index (χ3v) is 6.82. The summed E-state index contributed by atoms with van der Waals surface area (Å²) in [6.07, 6.45) is -6.42. The van der Waals surface area contributed by atoms with Crippen molar-refractivity contribution in [1.82, 2.24) is 4.90 Å². The second-order valence-electron chi connectivity index (χ2n) is 10.2. The van der Waals surface area contributed by atoms with Crippen molar-refractivity contribution < 1.29 is 57.1 Å². The number of morpholine rings is 1. The summed E-state index contributed by atoms with van der Waals surface area (Å²) >= 11 is 0. The van der Waals surface area contributed by atoms with Gasteiger partial charge in [-0.15, -0.1) is 0 Å². The van der Waals surface area contributed by atoms with Gasteiger partial charge < -0.3 is 38.1 Å². The smallest absolute Gasteiger partial charge is 0.303 e. The van der Waals surface area contributed by atoms with E-state index in [0.29, 0.717) is 37.6 Å². The molecule has 0 aromatic heterocycles. The zero-order valence-corrected chi connectivity index (χ0v) is 24.9. The minimum Gasteiger partial charge on any atom is -0.463 e. The number of hydrogen-bond donors (Lipinski definition) is 0. The van der Waals surface area contributed by atoms with E-state index in [1.165, 1.54) is 6.92 Å². The van der Waals surface area contributed by atoms with Crippen LogP contribution in [0.2, 0.25) is 0 Å². The molecule has 2 aliphatic heterocycles. The second-order valence-corrected chi connectivity index (χ2v) is 10.2. The van der Waals surface area contributed by atoms with Crippen molar-refractivity contribution in [3.05, 3.63) is 54.1 Å². The lowest BCUT2D eigenvalue weighted by Gasteiger charge is -2.43. The summed E-state index contributed by atoms with van der Waals surface area (Å²) in [5.74, 6) is -2.54. The number of carbonyl (C=O) groups is 5. The highest BCUT2D eigenvalue weighted by Gasteiger charge is 2.53. The van der Waals surface area contributed by atoms with Gasteiger partial charge in [-0.05, 0) is 35.4 Å². The van der Waals surface area contributed by atoms with Gasteiger partial charge in [0.15, 0.2) is 12.2 Å². The average molecular weight is 614 g/mol. The third kappa shape index (κ3) is 8.54. The Hall–Kier alpha value is -4.49. The van der Waals surface area contributed by atoms with Gasteiger partial charge in [0.1, 0.15) is 18.5 Å². The molecule has 0 bridgehead atoms. The van der Waals surface area contributed by atoms with Gasteiger partial charge in [-0.25, -0.2) is 0 Å². The molecule has 2 fully saturated rings. The van der Waals surface area contributed by atoms with Crippen LogP contribution in [0.1, 0.15) is 38.1 Å². The van der Waals surface area contributed by atoms with Gasteiger partial charge in [0.05, 0.1) is 13.2 Å². The maximum atomic E-state index is 12.8. The number of hydrogen-bond acceptors (Lipinski definition) is 12. The normalized spacial score (nSPS) is 23.2. The molecule has 13 nitrogen and oxygen atoms in total. The van der Waals surface area contributed by atoms with Crippen LogP contribution in [0.15, 0.2) is 48.5 Å². The van der Waals surface area contributed by atoms with Gasteiger partial charge in [0.2, 0.25) is 12.4 Å². The van der Waals surface area contributed by atoms with E-state index < -0.39 is 54.6 Å². The molecule has 1 amide bonds. The Morgan fingerprint density at radius 2 is 1.23 bits per heavy atom. The molecule has 236 valence electrons. The van der Waals surface area contributed by atoms with Crippen LogP contribution in [0.5, 0.6) is 5.75 Å². The van der Waals surface area contributed by atoms with E-state index in [1.54, 1.807) is 41.3 Å². The quantitative estimate of drug-likeness (QED) is 0.301. The molecule has 13 heteroatoms. The first-order valence-electron chi connectivity index (χ1n) is 14.1. The Morgan fingerprint density at radius 3 is 1.77 bits per heavy atom. The number of nitrogens with zero attached hydrogens (tertiary/aromatic N) is 1. The molecule has 5 atom stereocenters. The van der Waals surface area contributed by atoms with Crippen LogP contribution in [0.25, 0.3) is 11.1 Å². The van der Waals surface area contributed by atoms with Crippen LogP contribution >= 0.6 is 0 Å². The molecule has 0 spiro atoms. The van der Waals surface area contributed by atoms with Gasteiger partial charge in [0, 0.05) is 46.3 Å². The number of benzene rings is 2. The zero-order valence-electron chi connectivity index (χ0n) is 24.9. The molecule has 0 radical (unpaired) electrons. The lowest BCUT2D eigenvalue weighted by atomic mass is 9.98. The van der Waals surface area contributed by atoms with Crippen molar-refractivity contribution in [2.24, 2.45) is 0 Å². The maximum absolute atomic E-state index is 12.8. The molecule has 0 N–H and O–H groups in total. The van der Waals surface area contributed by atoms with E-state index in [1.807, 2.05) is 12.1 Å². The molecular weight excluding hydrogens is 578 g/mol.